The topological polar surface area (TPSA) is 101 Å². The molecule has 7 nitrogen and oxygen atoms in total. The molecule has 3 aromatic rings. The highest BCUT2D eigenvalue weighted by molar-refractivity contribution is 5.82. The first-order valence-electron chi connectivity index (χ1n) is 7.73. The lowest BCUT2D eigenvalue weighted by molar-refractivity contribution is 0.392. The van der Waals surface area contributed by atoms with Crippen molar-refractivity contribution in [3.63, 3.8) is 0 Å². The predicted octanol–water partition coefficient (Wildman–Crippen LogP) is 2.06. The molecule has 2 aromatic heterocycles. The molecule has 0 fully saturated rings. The van der Waals surface area contributed by atoms with Crippen LogP contribution in [0.25, 0.3) is 0 Å². The first kappa shape index (κ1) is 16.5. The van der Waals surface area contributed by atoms with Crippen LogP contribution in [0.5, 0.6) is 5.88 Å². The molecule has 0 spiro atoms. The summed E-state index contributed by atoms with van der Waals surface area (Å²) in [4.78, 5) is 30.5. The fourth-order valence-electron chi connectivity index (χ4n) is 2.40. The zero-order valence-electron chi connectivity index (χ0n) is 13.5. The lowest BCUT2D eigenvalue weighted by Gasteiger charge is -2.09. The van der Waals surface area contributed by atoms with Gasteiger partial charge in [-0.2, -0.15) is 0 Å². The number of aromatic nitrogens is 2. The number of aromatic amines is 1. The summed E-state index contributed by atoms with van der Waals surface area (Å²) in [6, 6.07) is 12.7. The van der Waals surface area contributed by atoms with Crippen molar-refractivity contribution >= 4 is 6.21 Å². The predicted molar refractivity (Wildman–Crippen MR) is 93.2 cm³/mol. The molecule has 7 heteroatoms. The first-order valence-corrected chi connectivity index (χ1v) is 7.73. The van der Waals surface area contributed by atoms with Gasteiger partial charge in [-0.15, -0.1) is 0 Å². The van der Waals surface area contributed by atoms with Crippen molar-refractivity contribution in [3.8, 4) is 5.88 Å². The van der Waals surface area contributed by atoms with E-state index in [4.69, 9.17) is 4.42 Å². The van der Waals surface area contributed by atoms with Gasteiger partial charge < -0.3 is 9.52 Å². The number of rotatable bonds is 5. The summed E-state index contributed by atoms with van der Waals surface area (Å²) in [5, 5.41) is 10.3. The normalized spacial score (nSPS) is 12.5. The number of hydrogen-bond donors (Lipinski definition) is 2. The largest absolute Gasteiger partial charge is 0.494 e. The van der Waals surface area contributed by atoms with Crippen LogP contribution in [0.1, 0.15) is 29.9 Å². The molecule has 2 heterocycles. The van der Waals surface area contributed by atoms with E-state index in [9.17, 15) is 14.7 Å². The van der Waals surface area contributed by atoms with Gasteiger partial charge in [0.25, 0.3) is 5.56 Å². The Balaban J connectivity index is 1.95. The van der Waals surface area contributed by atoms with Crippen molar-refractivity contribution < 1.29 is 9.52 Å². The van der Waals surface area contributed by atoms with Gasteiger partial charge in [-0.1, -0.05) is 30.3 Å². The maximum absolute atomic E-state index is 12.0. The Morgan fingerprint density at radius 3 is 2.68 bits per heavy atom. The van der Waals surface area contributed by atoms with E-state index in [2.05, 4.69) is 9.98 Å². The summed E-state index contributed by atoms with van der Waals surface area (Å²) < 4.78 is 6.20. The average molecular weight is 339 g/mol. The molecular weight excluding hydrogens is 322 g/mol. The maximum atomic E-state index is 12.0. The van der Waals surface area contributed by atoms with Crippen LogP contribution >= 0.6 is 0 Å². The monoisotopic (exact) mass is 339 g/mol. The van der Waals surface area contributed by atoms with Gasteiger partial charge in [0.15, 0.2) is 0 Å². The SMILES string of the molecule is C[C@@H](N=Cc1c(O)n(Cc2ccco2)c(=O)[nH]c1=O)c1ccccc1. The van der Waals surface area contributed by atoms with Crippen LogP contribution in [-0.2, 0) is 6.54 Å². The zero-order valence-corrected chi connectivity index (χ0v) is 13.5. The van der Waals surface area contributed by atoms with Gasteiger partial charge in [0.1, 0.15) is 11.3 Å². The summed E-state index contributed by atoms with van der Waals surface area (Å²) in [5.74, 6) is 0.0270. The standard InChI is InChI=1S/C18H17N3O4/c1-12(13-6-3-2-4-7-13)19-10-15-16(22)20-18(24)21(17(15)23)11-14-8-5-9-25-14/h2-10,12,23H,11H2,1H3,(H,20,22,24)/t12-/m1/s1. The van der Waals surface area contributed by atoms with E-state index in [1.54, 1.807) is 12.1 Å². The minimum Gasteiger partial charge on any atom is -0.494 e. The Bertz CT molecular complexity index is 985. The number of benzene rings is 1. The molecule has 0 aliphatic carbocycles. The molecule has 3 rings (SSSR count). The molecule has 0 radical (unpaired) electrons. The van der Waals surface area contributed by atoms with Gasteiger partial charge in [0, 0.05) is 6.21 Å². The van der Waals surface area contributed by atoms with Crippen molar-refractivity contribution in [3.05, 3.63) is 86.5 Å². The van der Waals surface area contributed by atoms with Crippen LogP contribution in [0.2, 0.25) is 0 Å². The van der Waals surface area contributed by atoms with E-state index in [1.165, 1.54) is 12.5 Å². The molecule has 0 amide bonds. The second kappa shape index (κ2) is 7.04. The summed E-state index contributed by atoms with van der Waals surface area (Å²) in [6.45, 7) is 1.87. The van der Waals surface area contributed by atoms with E-state index in [0.717, 1.165) is 10.1 Å². The number of aromatic hydroxyl groups is 1. The third-order valence-electron chi connectivity index (χ3n) is 3.81. The van der Waals surface area contributed by atoms with E-state index >= 15 is 0 Å². The Kier molecular flexibility index (Phi) is 4.65. The van der Waals surface area contributed by atoms with E-state index < -0.39 is 17.1 Å². The molecule has 1 aromatic carbocycles. The van der Waals surface area contributed by atoms with E-state index in [1.807, 2.05) is 37.3 Å². The highest BCUT2D eigenvalue weighted by atomic mass is 16.3. The smallest absolute Gasteiger partial charge is 0.331 e. The highest BCUT2D eigenvalue weighted by Gasteiger charge is 2.14. The summed E-state index contributed by atoms with van der Waals surface area (Å²) in [7, 11) is 0. The second-order valence-electron chi connectivity index (χ2n) is 5.53. The first-order chi connectivity index (χ1) is 12.1. The molecule has 2 N–H and O–H groups in total. The van der Waals surface area contributed by atoms with Crippen LogP contribution in [0.15, 0.2) is 67.7 Å². The van der Waals surface area contributed by atoms with Crippen molar-refractivity contribution in [2.75, 3.05) is 0 Å². The molecule has 0 aliphatic heterocycles. The van der Waals surface area contributed by atoms with Gasteiger partial charge in [0.05, 0.1) is 18.8 Å². The van der Waals surface area contributed by atoms with Gasteiger partial charge in [0.2, 0.25) is 5.88 Å². The van der Waals surface area contributed by atoms with Gasteiger partial charge in [-0.3, -0.25) is 19.3 Å². The van der Waals surface area contributed by atoms with Crippen LogP contribution in [-0.4, -0.2) is 20.9 Å². The summed E-state index contributed by atoms with van der Waals surface area (Å²) in [6.07, 6.45) is 2.75. The van der Waals surface area contributed by atoms with Crippen molar-refractivity contribution in [2.24, 2.45) is 4.99 Å². The molecule has 128 valence electrons. The van der Waals surface area contributed by atoms with Crippen LogP contribution in [0, 0.1) is 0 Å². The van der Waals surface area contributed by atoms with Gasteiger partial charge in [-0.05, 0) is 24.6 Å². The number of hydrogen-bond acceptors (Lipinski definition) is 5. The molecule has 25 heavy (non-hydrogen) atoms. The lowest BCUT2D eigenvalue weighted by atomic mass is 10.1. The van der Waals surface area contributed by atoms with Crippen LogP contribution in [0.4, 0.5) is 0 Å². The lowest BCUT2D eigenvalue weighted by Crippen LogP contribution is -2.32. The number of aliphatic imine (C=N–C) groups is 1. The molecule has 0 saturated carbocycles. The van der Waals surface area contributed by atoms with Crippen LogP contribution < -0.4 is 11.2 Å². The quantitative estimate of drug-likeness (QED) is 0.695. The maximum Gasteiger partial charge on any atom is 0.331 e. The zero-order chi connectivity index (χ0) is 17.8. The molecule has 0 bridgehead atoms. The fraction of sp³-hybridized carbons (Fsp3) is 0.167. The van der Waals surface area contributed by atoms with Gasteiger partial charge in [-0.25, -0.2) is 4.79 Å². The van der Waals surface area contributed by atoms with Crippen molar-refractivity contribution in [1.29, 1.82) is 0 Å². The fourth-order valence-corrected chi connectivity index (χ4v) is 2.40. The summed E-state index contributed by atoms with van der Waals surface area (Å²) >= 11 is 0. The Labute approximate surface area is 142 Å². The average Bonchev–Trinajstić information content (AvgIpc) is 3.12. The molecule has 0 unspecified atom stereocenters. The minimum atomic E-state index is -0.716. The molecule has 0 saturated heterocycles. The molecule has 1 atom stereocenters. The number of furan rings is 1. The minimum absolute atomic E-state index is 0.00350. The Morgan fingerprint density at radius 1 is 1.24 bits per heavy atom. The van der Waals surface area contributed by atoms with E-state index in [0.29, 0.717) is 5.76 Å². The van der Waals surface area contributed by atoms with Crippen molar-refractivity contribution in [2.45, 2.75) is 19.5 Å². The number of H-pyrrole nitrogens is 1. The van der Waals surface area contributed by atoms with Crippen molar-refractivity contribution in [1.82, 2.24) is 9.55 Å². The van der Waals surface area contributed by atoms with Gasteiger partial charge >= 0.3 is 5.69 Å². The Morgan fingerprint density at radius 2 is 2.00 bits per heavy atom. The number of nitrogens with zero attached hydrogens (tertiary/aromatic N) is 2. The third kappa shape index (κ3) is 3.60. The molecular formula is C18H17N3O4. The molecule has 0 aliphatic rings. The van der Waals surface area contributed by atoms with E-state index in [-0.39, 0.29) is 18.2 Å². The number of nitrogens with one attached hydrogen (secondary N) is 1. The summed E-state index contributed by atoms with van der Waals surface area (Å²) in [5.41, 5.74) is -0.512. The second-order valence-corrected chi connectivity index (χ2v) is 5.53. The highest BCUT2D eigenvalue weighted by Crippen LogP contribution is 2.17. The Hall–Kier alpha value is -3.35. The van der Waals surface area contributed by atoms with Crippen LogP contribution in [0.3, 0.4) is 0 Å². The third-order valence-corrected chi connectivity index (χ3v) is 3.81.